The largest absolute Gasteiger partial charge is 0.390 e. The molecule has 0 fully saturated rings. The molecule has 0 aliphatic carbocycles. The quantitative estimate of drug-likeness (QED) is 0.805. The van der Waals surface area contributed by atoms with Crippen LogP contribution in [0.25, 0.3) is 0 Å². The average Bonchev–Trinajstić information content (AvgIpc) is 2.20. The van der Waals surface area contributed by atoms with Crippen molar-refractivity contribution >= 4 is 11.8 Å². The van der Waals surface area contributed by atoms with Crippen LogP contribution in [-0.4, -0.2) is 15.5 Å². The molecule has 0 saturated carbocycles. The summed E-state index contributed by atoms with van der Waals surface area (Å²) in [5, 5.41) is 10.2. The molecular weight excluding hydrogens is 240 g/mol. The van der Waals surface area contributed by atoms with Crippen molar-refractivity contribution in [2.75, 3.05) is 0 Å². The van der Waals surface area contributed by atoms with Crippen LogP contribution < -0.4 is 0 Å². The molecule has 0 bridgehead atoms. The molecule has 1 aromatic carbocycles. The number of hydrogen-bond acceptors (Lipinski definition) is 2. The summed E-state index contributed by atoms with van der Waals surface area (Å²) in [5.74, 6) is 0.204. The summed E-state index contributed by atoms with van der Waals surface area (Å²) in [6.45, 7) is 14.6. The van der Waals surface area contributed by atoms with Gasteiger partial charge in [0.2, 0.25) is 0 Å². The molecule has 1 atom stereocenters. The zero-order valence-corrected chi connectivity index (χ0v) is 13.5. The molecule has 0 aromatic heterocycles. The minimum absolute atomic E-state index is 0.00317. The first-order valence-corrected chi connectivity index (χ1v) is 7.34. The van der Waals surface area contributed by atoms with Crippen LogP contribution in [0, 0.1) is 19.8 Å². The first kappa shape index (κ1) is 15.6. The minimum atomic E-state index is -0.659. The third-order valence-corrected chi connectivity index (χ3v) is 5.36. The van der Waals surface area contributed by atoms with Crippen LogP contribution in [0.4, 0.5) is 0 Å². The van der Waals surface area contributed by atoms with E-state index in [1.807, 2.05) is 25.6 Å². The average molecular weight is 266 g/mol. The minimum Gasteiger partial charge on any atom is -0.390 e. The molecule has 0 aliphatic heterocycles. The summed E-state index contributed by atoms with van der Waals surface area (Å²) in [5.41, 5.74) is 1.94. The summed E-state index contributed by atoms with van der Waals surface area (Å²) < 4.78 is -0.00317. The van der Waals surface area contributed by atoms with Crippen molar-refractivity contribution in [2.24, 2.45) is 5.92 Å². The number of rotatable bonds is 4. The maximum absolute atomic E-state index is 10.2. The number of aliphatic hydroxyl groups is 1. The van der Waals surface area contributed by atoms with E-state index in [1.165, 1.54) is 16.0 Å². The van der Waals surface area contributed by atoms with Crippen molar-refractivity contribution < 1.29 is 5.11 Å². The molecule has 2 heteroatoms. The van der Waals surface area contributed by atoms with Crippen LogP contribution in [0.15, 0.2) is 23.1 Å². The van der Waals surface area contributed by atoms with Crippen molar-refractivity contribution in [1.29, 1.82) is 0 Å². The highest BCUT2D eigenvalue weighted by Gasteiger charge is 2.37. The summed E-state index contributed by atoms with van der Waals surface area (Å²) in [7, 11) is 0. The van der Waals surface area contributed by atoms with Gasteiger partial charge in [0.15, 0.2) is 0 Å². The topological polar surface area (TPSA) is 20.2 Å². The van der Waals surface area contributed by atoms with Crippen LogP contribution in [0.3, 0.4) is 0 Å². The Morgan fingerprint density at radius 1 is 1.11 bits per heavy atom. The van der Waals surface area contributed by atoms with Crippen LogP contribution in [0.5, 0.6) is 0 Å². The molecule has 1 aromatic rings. The summed E-state index contributed by atoms with van der Waals surface area (Å²) >= 11 is 1.86. The lowest BCUT2D eigenvalue weighted by Gasteiger charge is -2.39. The van der Waals surface area contributed by atoms with Gasteiger partial charge in [0.1, 0.15) is 0 Å². The lowest BCUT2D eigenvalue weighted by molar-refractivity contribution is 0.0127. The smallest absolute Gasteiger partial charge is 0.0630 e. The van der Waals surface area contributed by atoms with E-state index in [0.717, 1.165) is 0 Å². The van der Waals surface area contributed by atoms with Crippen molar-refractivity contribution in [3.8, 4) is 0 Å². The van der Waals surface area contributed by atoms with Crippen LogP contribution in [-0.2, 0) is 0 Å². The summed E-state index contributed by atoms with van der Waals surface area (Å²) in [6, 6.07) is 6.55. The maximum atomic E-state index is 10.2. The van der Waals surface area contributed by atoms with Gasteiger partial charge in [-0.2, -0.15) is 0 Å². The van der Waals surface area contributed by atoms with Crippen LogP contribution in [0.2, 0.25) is 0 Å². The van der Waals surface area contributed by atoms with E-state index in [0.29, 0.717) is 0 Å². The Labute approximate surface area is 116 Å². The molecule has 0 spiro atoms. The molecule has 1 N–H and O–H groups in total. The lowest BCUT2D eigenvalue weighted by Crippen LogP contribution is -2.41. The van der Waals surface area contributed by atoms with E-state index in [9.17, 15) is 5.11 Å². The number of thioether (sulfide) groups is 1. The molecule has 0 radical (unpaired) electrons. The number of hydrogen-bond donors (Lipinski definition) is 1. The van der Waals surface area contributed by atoms with Gasteiger partial charge in [0.05, 0.1) is 5.60 Å². The van der Waals surface area contributed by atoms with Crippen LogP contribution in [0.1, 0.15) is 45.7 Å². The molecule has 1 rings (SSSR count). The van der Waals surface area contributed by atoms with Gasteiger partial charge in [0.25, 0.3) is 0 Å². The van der Waals surface area contributed by atoms with Gasteiger partial charge in [-0.3, -0.25) is 0 Å². The Kier molecular flexibility index (Phi) is 4.56. The normalized spacial score (nSPS) is 14.7. The fourth-order valence-electron chi connectivity index (χ4n) is 2.04. The van der Waals surface area contributed by atoms with Crippen molar-refractivity contribution in [1.82, 2.24) is 0 Å². The van der Waals surface area contributed by atoms with E-state index in [4.69, 9.17) is 0 Å². The van der Waals surface area contributed by atoms with Crippen molar-refractivity contribution in [2.45, 2.75) is 63.7 Å². The Morgan fingerprint density at radius 2 is 1.67 bits per heavy atom. The molecule has 0 saturated heterocycles. The summed E-state index contributed by atoms with van der Waals surface area (Å²) in [6.07, 6.45) is 0. The Bertz CT molecular complexity index is 416. The van der Waals surface area contributed by atoms with E-state index in [-0.39, 0.29) is 10.7 Å². The second kappa shape index (κ2) is 5.26. The lowest BCUT2D eigenvalue weighted by atomic mass is 9.83. The van der Waals surface area contributed by atoms with Gasteiger partial charge >= 0.3 is 0 Å². The highest BCUT2D eigenvalue weighted by Crippen LogP contribution is 2.43. The van der Waals surface area contributed by atoms with Crippen molar-refractivity contribution in [3.05, 3.63) is 29.3 Å². The predicted octanol–water partition coefficient (Wildman–Crippen LogP) is 4.58. The third kappa shape index (κ3) is 3.76. The molecule has 102 valence electrons. The highest BCUT2D eigenvalue weighted by atomic mass is 32.2. The molecule has 0 amide bonds. The van der Waals surface area contributed by atoms with E-state index in [2.05, 4.69) is 52.8 Å². The second-order valence-corrected chi connectivity index (χ2v) is 8.05. The standard InChI is InChI=1S/C16H26OS/c1-11-8-9-12(2)14(10-11)18-16(6,7)13(3)15(4,5)17/h8-10,13,17H,1-7H3. The third-order valence-electron chi connectivity index (χ3n) is 3.82. The second-order valence-electron chi connectivity index (χ2n) is 6.35. The van der Waals surface area contributed by atoms with Gasteiger partial charge in [-0.05, 0) is 59.1 Å². The molecule has 0 heterocycles. The molecule has 18 heavy (non-hydrogen) atoms. The zero-order chi connectivity index (χ0) is 14.1. The van der Waals surface area contributed by atoms with E-state index < -0.39 is 5.60 Å². The van der Waals surface area contributed by atoms with E-state index in [1.54, 1.807) is 0 Å². The number of aryl methyl sites for hydroxylation is 2. The first-order chi connectivity index (χ1) is 8.04. The fraction of sp³-hybridized carbons (Fsp3) is 0.625. The molecular formula is C16H26OS. The van der Waals surface area contributed by atoms with Gasteiger partial charge in [-0.25, -0.2) is 0 Å². The SMILES string of the molecule is Cc1ccc(C)c(SC(C)(C)C(C)C(C)(C)O)c1. The Balaban J connectivity index is 2.98. The maximum Gasteiger partial charge on any atom is 0.0630 e. The van der Waals surface area contributed by atoms with Gasteiger partial charge < -0.3 is 5.11 Å². The van der Waals surface area contributed by atoms with Crippen LogP contribution >= 0.6 is 11.8 Å². The highest BCUT2D eigenvalue weighted by molar-refractivity contribution is 8.00. The van der Waals surface area contributed by atoms with Crippen molar-refractivity contribution in [3.63, 3.8) is 0 Å². The van der Waals surface area contributed by atoms with Gasteiger partial charge in [-0.1, -0.05) is 24.6 Å². The molecule has 1 nitrogen and oxygen atoms in total. The Hall–Kier alpha value is -0.470. The monoisotopic (exact) mass is 266 g/mol. The van der Waals surface area contributed by atoms with Gasteiger partial charge in [0, 0.05) is 9.64 Å². The summed E-state index contributed by atoms with van der Waals surface area (Å²) in [4.78, 5) is 1.32. The fourth-order valence-corrected chi connectivity index (χ4v) is 3.55. The van der Waals surface area contributed by atoms with E-state index >= 15 is 0 Å². The zero-order valence-electron chi connectivity index (χ0n) is 12.7. The predicted molar refractivity (Wildman–Crippen MR) is 81.3 cm³/mol. The molecule has 1 unspecified atom stereocenters. The number of benzene rings is 1. The molecule has 0 aliphatic rings. The van der Waals surface area contributed by atoms with Gasteiger partial charge in [-0.15, -0.1) is 11.8 Å². The Morgan fingerprint density at radius 3 is 2.17 bits per heavy atom. The first-order valence-electron chi connectivity index (χ1n) is 6.52.